The van der Waals surface area contributed by atoms with Crippen LogP contribution in [0, 0.1) is 6.92 Å². The zero-order valence-corrected chi connectivity index (χ0v) is 9.18. The van der Waals surface area contributed by atoms with Crippen LogP contribution in [-0.4, -0.2) is 33.1 Å². The zero-order valence-electron chi connectivity index (χ0n) is 8.37. The first-order chi connectivity index (χ1) is 7.33. The summed E-state index contributed by atoms with van der Waals surface area (Å²) in [6.07, 6.45) is 3.44. The molecule has 3 heterocycles. The van der Waals surface area contributed by atoms with Crippen LogP contribution < -0.4 is 4.90 Å². The van der Waals surface area contributed by atoms with Gasteiger partial charge in [0.15, 0.2) is 5.13 Å². The highest BCUT2D eigenvalue weighted by molar-refractivity contribution is 7.13. The maximum atomic E-state index is 4.44. The van der Waals surface area contributed by atoms with E-state index in [1.807, 2.05) is 6.92 Å². The molecule has 0 atom stereocenters. The van der Waals surface area contributed by atoms with Crippen molar-refractivity contribution in [3.8, 4) is 0 Å². The molecule has 5 nitrogen and oxygen atoms in total. The van der Waals surface area contributed by atoms with Crippen molar-refractivity contribution in [3.63, 3.8) is 0 Å². The van der Waals surface area contributed by atoms with Gasteiger partial charge in [-0.05, 0) is 6.92 Å². The van der Waals surface area contributed by atoms with Crippen molar-refractivity contribution in [3.05, 3.63) is 23.5 Å². The highest BCUT2D eigenvalue weighted by Crippen LogP contribution is 2.29. The molecule has 0 amide bonds. The van der Waals surface area contributed by atoms with E-state index < -0.39 is 0 Å². The van der Waals surface area contributed by atoms with Crippen LogP contribution in [0.25, 0.3) is 0 Å². The lowest BCUT2D eigenvalue weighted by Gasteiger charge is -2.37. The second-order valence-corrected chi connectivity index (χ2v) is 4.52. The molecule has 2 aromatic rings. The Labute approximate surface area is 91.4 Å². The SMILES string of the molecule is Cc1csc(N2CC(n3nccn3)C2)n1. The third kappa shape index (κ3) is 1.50. The zero-order chi connectivity index (χ0) is 10.3. The molecular weight excluding hydrogens is 210 g/mol. The van der Waals surface area contributed by atoms with Crippen molar-refractivity contribution >= 4 is 16.5 Å². The number of aromatic nitrogens is 4. The Morgan fingerprint density at radius 1 is 1.33 bits per heavy atom. The van der Waals surface area contributed by atoms with E-state index in [-0.39, 0.29) is 0 Å². The second-order valence-electron chi connectivity index (χ2n) is 3.68. The first-order valence-corrected chi connectivity index (χ1v) is 5.74. The van der Waals surface area contributed by atoms with Crippen molar-refractivity contribution in [1.82, 2.24) is 20.0 Å². The largest absolute Gasteiger partial charge is 0.344 e. The molecule has 6 heteroatoms. The molecule has 0 spiro atoms. The fourth-order valence-corrected chi connectivity index (χ4v) is 2.48. The molecule has 78 valence electrons. The first-order valence-electron chi connectivity index (χ1n) is 4.86. The summed E-state index contributed by atoms with van der Waals surface area (Å²) in [6, 6.07) is 0.407. The lowest BCUT2D eigenvalue weighted by Crippen LogP contribution is -2.48. The number of thiazole rings is 1. The number of rotatable bonds is 2. The number of aryl methyl sites for hydroxylation is 1. The van der Waals surface area contributed by atoms with E-state index in [0.717, 1.165) is 23.9 Å². The molecule has 0 N–H and O–H groups in total. The molecule has 0 radical (unpaired) electrons. The van der Waals surface area contributed by atoms with Crippen molar-refractivity contribution in [2.75, 3.05) is 18.0 Å². The van der Waals surface area contributed by atoms with E-state index in [0.29, 0.717) is 6.04 Å². The van der Waals surface area contributed by atoms with Crippen molar-refractivity contribution in [2.24, 2.45) is 0 Å². The van der Waals surface area contributed by atoms with Crippen molar-refractivity contribution in [2.45, 2.75) is 13.0 Å². The van der Waals surface area contributed by atoms with Crippen LogP contribution in [0.3, 0.4) is 0 Å². The summed E-state index contributed by atoms with van der Waals surface area (Å²) < 4.78 is 0. The molecule has 1 saturated heterocycles. The molecular formula is C9H11N5S. The standard InChI is InChI=1S/C9H11N5S/c1-7-6-15-9(12-7)13-4-8(5-13)14-10-2-3-11-14/h2-3,6,8H,4-5H2,1H3. The van der Waals surface area contributed by atoms with Gasteiger partial charge in [0, 0.05) is 18.5 Å². The molecule has 0 aliphatic carbocycles. The highest BCUT2D eigenvalue weighted by atomic mass is 32.1. The molecule has 1 aliphatic heterocycles. The van der Waals surface area contributed by atoms with Crippen LogP contribution in [0.15, 0.2) is 17.8 Å². The summed E-state index contributed by atoms with van der Waals surface area (Å²) in [5, 5.41) is 11.5. The maximum Gasteiger partial charge on any atom is 0.185 e. The average molecular weight is 221 g/mol. The molecule has 2 aromatic heterocycles. The Kier molecular flexibility index (Phi) is 1.95. The number of nitrogens with zero attached hydrogens (tertiary/aromatic N) is 5. The van der Waals surface area contributed by atoms with Crippen LogP contribution in [0.5, 0.6) is 0 Å². The summed E-state index contributed by atoms with van der Waals surface area (Å²) in [6.45, 7) is 3.94. The minimum atomic E-state index is 0.407. The molecule has 0 aromatic carbocycles. The molecule has 0 bridgehead atoms. The van der Waals surface area contributed by atoms with Crippen LogP contribution in [0.4, 0.5) is 5.13 Å². The van der Waals surface area contributed by atoms with Crippen LogP contribution in [-0.2, 0) is 0 Å². The van der Waals surface area contributed by atoms with Gasteiger partial charge in [-0.3, -0.25) is 0 Å². The van der Waals surface area contributed by atoms with Gasteiger partial charge < -0.3 is 4.90 Å². The highest BCUT2D eigenvalue weighted by Gasteiger charge is 2.31. The Morgan fingerprint density at radius 3 is 2.67 bits per heavy atom. The minimum Gasteiger partial charge on any atom is -0.344 e. The molecule has 0 unspecified atom stereocenters. The Hall–Kier alpha value is -1.43. The van der Waals surface area contributed by atoms with Crippen LogP contribution in [0.1, 0.15) is 11.7 Å². The van der Waals surface area contributed by atoms with Gasteiger partial charge in [-0.25, -0.2) is 4.98 Å². The summed E-state index contributed by atoms with van der Waals surface area (Å²) in [5.74, 6) is 0. The summed E-state index contributed by atoms with van der Waals surface area (Å²) in [5.41, 5.74) is 1.09. The lowest BCUT2D eigenvalue weighted by molar-refractivity contribution is 0.332. The summed E-state index contributed by atoms with van der Waals surface area (Å²) in [7, 11) is 0. The fraction of sp³-hybridized carbons (Fsp3) is 0.444. The van der Waals surface area contributed by atoms with E-state index in [1.54, 1.807) is 28.5 Å². The molecule has 0 saturated carbocycles. The van der Waals surface area contributed by atoms with Gasteiger partial charge in [0.1, 0.15) is 6.04 Å². The molecule has 15 heavy (non-hydrogen) atoms. The van der Waals surface area contributed by atoms with Gasteiger partial charge in [-0.15, -0.1) is 11.3 Å². The molecule has 1 fully saturated rings. The second kappa shape index (κ2) is 3.30. The third-order valence-corrected chi connectivity index (χ3v) is 3.52. The van der Waals surface area contributed by atoms with Gasteiger partial charge in [-0.1, -0.05) is 0 Å². The first kappa shape index (κ1) is 8.84. The fourth-order valence-electron chi connectivity index (χ4n) is 1.66. The maximum absolute atomic E-state index is 4.44. The summed E-state index contributed by atoms with van der Waals surface area (Å²) in [4.78, 5) is 8.47. The summed E-state index contributed by atoms with van der Waals surface area (Å²) >= 11 is 1.70. The van der Waals surface area contributed by atoms with Gasteiger partial charge in [0.25, 0.3) is 0 Å². The van der Waals surface area contributed by atoms with Crippen molar-refractivity contribution in [1.29, 1.82) is 0 Å². The quantitative estimate of drug-likeness (QED) is 0.762. The smallest absolute Gasteiger partial charge is 0.185 e. The Bertz CT molecular complexity index is 443. The van der Waals surface area contributed by atoms with Crippen LogP contribution in [0.2, 0.25) is 0 Å². The Morgan fingerprint density at radius 2 is 2.07 bits per heavy atom. The Balaban J connectivity index is 1.67. The van der Waals surface area contributed by atoms with E-state index in [1.165, 1.54) is 0 Å². The van der Waals surface area contributed by atoms with Crippen molar-refractivity contribution < 1.29 is 0 Å². The van der Waals surface area contributed by atoms with E-state index in [4.69, 9.17) is 0 Å². The average Bonchev–Trinajstić information content (AvgIpc) is 2.74. The molecule has 3 rings (SSSR count). The van der Waals surface area contributed by atoms with Gasteiger partial charge in [0.05, 0.1) is 18.1 Å². The van der Waals surface area contributed by atoms with Gasteiger partial charge in [0.2, 0.25) is 0 Å². The van der Waals surface area contributed by atoms with Gasteiger partial charge >= 0.3 is 0 Å². The third-order valence-electron chi connectivity index (χ3n) is 2.50. The molecule has 1 aliphatic rings. The minimum absolute atomic E-state index is 0.407. The normalized spacial score (nSPS) is 16.7. The predicted molar refractivity (Wildman–Crippen MR) is 58.1 cm³/mol. The topological polar surface area (TPSA) is 46.8 Å². The van der Waals surface area contributed by atoms with Gasteiger partial charge in [-0.2, -0.15) is 15.0 Å². The van der Waals surface area contributed by atoms with E-state index in [2.05, 4.69) is 25.5 Å². The van der Waals surface area contributed by atoms with E-state index in [9.17, 15) is 0 Å². The number of anilines is 1. The lowest BCUT2D eigenvalue weighted by atomic mass is 10.1. The number of hydrogen-bond donors (Lipinski definition) is 0. The monoisotopic (exact) mass is 221 g/mol. The van der Waals surface area contributed by atoms with E-state index >= 15 is 0 Å². The predicted octanol–water partition coefficient (Wildman–Crippen LogP) is 1.10. The van der Waals surface area contributed by atoms with Crippen LogP contribution >= 0.6 is 11.3 Å². The number of hydrogen-bond acceptors (Lipinski definition) is 5.